The van der Waals surface area contributed by atoms with Crippen molar-refractivity contribution in [3.05, 3.63) is 101 Å². The van der Waals surface area contributed by atoms with E-state index in [1.807, 2.05) is 37.3 Å². The fraction of sp³-hybridized carbons (Fsp3) is 0.242. The topological polar surface area (TPSA) is 103 Å². The first-order valence-electron chi connectivity index (χ1n) is 13.6. The van der Waals surface area contributed by atoms with Gasteiger partial charge in [0, 0.05) is 5.56 Å². The highest BCUT2D eigenvalue weighted by atomic mass is 16.5. The van der Waals surface area contributed by atoms with Gasteiger partial charge < -0.3 is 18.9 Å². The maximum absolute atomic E-state index is 13.5. The monoisotopic (exact) mass is 570 g/mol. The van der Waals surface area contributed by atoms with Crippen LogP contribution in [0.3, 0.4) is 0 Å². The molecule has 0 spiro atoms. The van der Waals surface area contributed by atoms with Crippen molar-refractivity contribution in [2.24, 2.45) is 0 Å². The number of rotatable bonds is 13. The third-order valence-corrected chi connectivity index (χ3v) is 6.49. The molecule has 1 saturated heterocycles. The van der Waals surface area contributed by atoms with Gasteiger partial charge in [0.2, 0.25) is 0 Å². The molecule has 0 bridgehead atoms. The van der Waals surface area contributed by atoms with Crippen LogP contribution in [-0.4, -0.2) is 43.6 Å². The molecule has 4 rings (SSSR count). The Balaban J connectivity index is 1.62. The lowest BCUT2D eigenvalue weighted by Crippen LogP contribution is -2.53. The van der Waals surface area contributed by atoms with Gasteiger partial charge in [-0.05, 0) is 59.9 Å². The summed E-state index contributed by atoms with van der Waals surface area (Å²) in [4.78, 5) is 39.9. The molecule has 0 aliphatic carbocycles. The van der Waals surface area contributed by atoms with Gasteiger partial charge in [-0.1, -0.05) is 49.4 Å². The van der Waals surface area contributed by atoms with Crippen LogP contribution < -0.4 is 24.3 Å². The predicted molar refractivity (Wildman–Crippen MR) is 159 cm³/mol. The average molecular weight is 571 g/mol. The van der Waals surface area contributed by atoms with Crippen molar-refractivity contribution in [2.45, 2.75) is 32.9 Å². The number of nitrogens with zero attached hydrogens (tertiary/aromatic N) is 1. The predicted octanol–water partition coefficient (Wildman–Crippen LogP) is 5.46. The molecule has 3 aromatic rings. The van der Waals surface area contributed by atoms with E-state index in [0.29, 0.717) is 53.8 Å². The zero-order valence-corrected chi connectivity index (χ0v) is 24.0. The van der Waals surface area contributed by atoms with E-state index >= 15 is 0 Å². The van der Waals surface area contributed by atoms with Crippen LogP contribution in [0.5, 0.6) is 23.0 Å². The molecule has 0 radical (unpaired) electrons. The van der Waals surface area contributed by atoms with Crippen LogP contribution in [0.4, 0.5) is 4.79 Å². The number of allylic oxidation sites excluding steroid dienone is 1. The highest BCUT2D eigenvalue weighted by Crippen LogP contribution is 2.35. The van der Waals surface area contributed by atoms with E-state index in [1.165, 1.54) is 20.3 Å². The summed E-state index contributed by atoms with van der Waals surface area (Å²) in [7, 11) is 3.04. The maximum atomic E-state index is 13.5. The van der Waals surface area contributed by atoms with Crippen molar-refractivity contribution in [2.75, 3.05) is 20.8 Å². The van der Waals surface area contributed by atoms with Crippen LogP contribution in [-0.2, 0) is 29.2 Å². The van der Waals surface area contributed by atoms with Crippen molar-refractivity contribution < 1.29 is 33.3 Å². The molecule has 1 aliphatic heterocycles. The Bertz CT molecular complexity index is 1500. The van der Waals surface area contributed by atoms with Crippen molar-refractivity contribution >= 4 is 23.9 Å². The molecule has 42 heavy (non-hydrogen) atoms. The van der Waals surface area contributed by atoms with Gasteiger partial charge in [0.05, 0.1) is 27.4 Å². The van der Waals surface area contributed by atoms with E-state index in [-0.39, 0.29) is 12.1 Å². The molecule has 0 atom stereocenters. The molecule has 1 fully saturated rings. The van der Waals surface area contributed by atoms with Crippen molar-refractivity contribution in [3.63, 3.8) is 0 Å². The molecule has 0 saturated carbocycles. The normalized spacial score (nSPS) is 14.0. The molecule has 9 nitrogen and oxygen atoms in total. The number of ether oxygens (including phenoxy) is 4. The van der Waals surface area contributed by atoms with Crippen LogP contribution in [0.2, 0.25) is 0 Å². The van der Waals surface area contributed by atoms with E-state index in [2.05, 4.69) is 11.9 Å². The van der Waals surface area contributed by atoms with Crippen LogP contribution in [0.1, 0.15) is 35.6 Å². The summed E-state index contributed by atoms with van der Waals surface area (Å²) in [5, 5.41) is 2.27. The van der Waals surface area contributed by atoms with Crippen LogP contribution in [0.25, 0.3) is 6.08 Å². The first-order chi connectivity index (χ1) is 20.4. The quantitative estimate of drug-likeness (QED) is 0.165. The molecular weight excluding hydrogens is 536 g/mol. The molecule has 3 aromatic carbocycles. The number of urea groups is 1. The minimum Gasteiger partial charge on any atom is -0.493 e. The second kappa shape index (κ2) is 14.0. The molecular formula is C33H34N2O7. The first kappa shape index (κ1) is 29.9. The summed E-state index contributed by atoms with van der Waals surface area (Å²) in [6, 6.07) is 17.6. The third kappa shape index (κ3) is 6.98. The summed E-state index contributed by atoms with van der Waals surface area (Å²) in [5.74, 6) is 0.521. The lowest BCUT2D eigenvalue weighted by Gasteiger charge is -2.26. The number of amides is 4. The molecule has 1 aliphatic rings. The average Bonchev–Trinajstić information content (AvgIpc) is 3.00. The summed E-state index contributed by atoms with van der Waals surface area (Å²) < 4.78 is 22.9. The SMILES string of the molecule is C=CCc1cc(/C=C2\C(=O)NC(=O)N(Cc3ccc(OCCC)c(OC)c3)C2=O)cc(OC)c1OCc1ccccc1. The van der Waals surface area contributed by atoms with E-state index in [9.17, 15) is 14.4 Å². The number of carbonyl (C=O) groups is 3. The summed E-state index contributed by atoms with van der Waals surface area (Å²) in [6.07, 6.45) is 4.46. The van der Waals surface area contributed by atoms with Crippen LogP contribution in [0.15, 0.2) is 78.9 Å². The largest absolute Gasteiger partial charge is 0.493 e. The van der Waals surface area contributed by atoms with Gasteiger partial charge in [-0.15, -0.1) is 6.58 Å². The Hall–Kier alpha value is -5.05. The zero-order valence-electron chi connectivity index (χ0n) is 24.0. The standard InChI is InChI=1S/C33H34N2O7/c1-5-10-25-16-24(19-29(40-4)30(25)42-21-22-11-8-7-9-12-22)17-26-31(36)34-33(38)35(32(26)37)20-23-13-14-27(41-15-6-2)28(18-23)39-3/h5,7-9,11-14,16-19H,1,6,10,15,20-21H2,2-4H3,(H,34,36,38)/b26-17+. The van der Waals surface area contributed by atoms with E-state index < -0.39 is 17.8 Å². The second-order valence-electron chi connectivity index (χ2n) is 9.52. The van der Waals surface area contributed by atoms with Crippen molar-refractivity contribution in [1.82, 2.24) is 10.2 Å². The summed E-state index contributed by atoms with van der Waals surface area (Å²) in [5.41, 5.74) is 2.73. The molecule has 0 unspecified atom stereocenters. The van der Waals surface area contributed by atoms with Crippen LogP contribution >= 0.6 is 0 Å². The Morgan fingerprint density at radius 1 is 0.881 bits per heavy atom. The minimum atomic E-state index is -0.804. The summed E-state index contributed by atoms with van der Waals surface area (Å²) in [6.45, 7) is 6.62. The number of methoxy groups -OCH3 is 2. The number of carbonyl (C=O) groups excluding carboxylic acids is 3. The number of barbiturate groups is 1. The summed E-state index contributed by atoms with van der Waals surface area (Å²) >= 11 is 0. The lowest BCUT2D eigenvalue weighted by atomic mass is 10.0. The fourth-order valence-electron chi connectivity index (χ4n) is 4.45. The molecule has 0 aromatic heterocycles. The molecule has 218 valence electrons. The lowest BCUT2D eigenvalue weighted by molar-refractivity contribution is -0.130. The van der Waals surface area contributed by atoms with Gasteiger partial charge in [-0.2, -0.15) is 0 Å². The number of hydrogen-bond donors (Lipinski definition) is 1. The van der Waals surface area contributed by atoms with E-state index in [1.54, 1.807) is 36.4 Å². The van der Waals surface area contributed by atoms with Gasteiger partial charge in [0.25, 0.3) is 11.8 Å². The third-order valence-electron chi connectivity index (χ3n) is 6.49. The van der Waals surface area contributed by atoms with E-state index in [0.717, 1.165) is 22.4 Å². The highest BCUT2D eigenvalue weighted by Gasteiger charge is 2.36. The maximum Gasteiger partial charge on any atom is 0.331 e. The van der Waals surface area contributed by atoms with Gasteiger partial charge in [-0.25, -0.2) is 4.79 Å². The Morgan fingerprint density at radius 2 is 1.64 bits per heavy atom. The Morgan fingerprint density at radius 3 is 2.33 bits per heavy atom. The van der Waals surface area contributed by atoms with Crippen LogP contribution in [0, 0.1) is 0 Å². The highest BCUT2D eigenvalue weighted by molar-refractivity contribution is 6.31. The first-order valence-corrected chi connectivity index (χ1v) is 13.6. The van der Waals surface area contributed by atoms with Gasteiger partial charge >= 0.3 is 6.03 Å². The van der Waals surface area contributed by atoms with Gasteiger partial charge in [0.15, 0.2) is 23.0 Å². The van der Waals surface area contributed by atoms with Crippen molar-refractivity contribution in [1.29, 1.82) is 0 Å². The molecule has 1 heterocycles. The zero-order chi connectivity index (χ0) is 30.1. The molecule has 9 heteroatoms. The smallest absolute Gasteiger partial charge is 0.331 e. The van der Waals surface area contributed by atoms with Gasteiger partial charge in [0.1, 0.15) is 12.2 Å². The second-order valence-corrected chi connectivity index (χ2v) is 9.52. The number of benzene rings is 3. The number of imide groups is 2. The number of hydrogen-bond acceptors (Lipinski definition) is 7. The minimum absolute atomic E-state index is 0.0724. The number of nitrogens with one attached hydrogen (secondary N) is 1. The van der Waals surface area contributed by atoms with Crippen molar-refractivity contribution in [3.8, 4) is 23.0 Å². The fourth-order valence-corrected chi connectivity index (χ4v) is 4.45. The Labute approximate surface area is 245 Å². The molecule has 1 N–H and O–H groups in total. The Kier molecular flexibility index (Phi) is 9.99. The van der Waals surface area contributed by atoms with E-state index in [4.69, 9.17) is 18.9 Å². The molecule has 4 amide bonds. The van der Waals surface area contributed by atoms with Gasteiger partial charge in [-0.3, -0.25) is 19.8 Å².